The molecule has 3 aromatic rings. The SMILES string of the molecule is COC(=O)c1cc(CN(C)C(=O)c2ccc(-n3cnnn3)cc2)oc1C. The monoisotopic (exact) mass is 355 g/mol. The Bertz CT molecular complexity index is 915. The molecule has 0 bridgehead atoms. The highest BCUT2D eigenvalue weighted by Crippen LogP contribution is 2.18. The third-order valence-corrected chi connectivity index (χ3v) is 3.84. The summed E-state index contributed by atoms with van der Waals surface area (Å²) < 4.78 is 11.7. The normalized spacial score (nSPS) is 10.6. The summed E-state index contributed by atoms with van der Waals surface area (Å²) in [6.07, 6.45) is 1.47. The fourth-order valence-electron chi connectivity index (χ4n) is 2.50. The molecule has 2 heterocycles. The Morgan fingerprint density at radius 3 is 2.62 bits per heavy atom. The molecule has 2 aromatic heterocycles. The molecule has 0 aliphatic rings. The van der Waals surface area contributed by atoms with Gasteiger partial charge in [0.05, 0.1) is 19.3 Å². The number of aromatic nitrogens is 4. The van der Waals surface area contributed by atoms with Crippen molar-refractivity contribution in [3.63, 3.8) is 0 Å². The van der Waals surface area contributed by atoms with Crippen molar-refractivity contribution in [2.75, 3.05) is 14.2 Å². The number of methoxy groups -OCH3 is 1. The van der Waals surface area contributed by atoms with Gasteiger partial charge in [0.1, 0.15) is 23.4 Å². The van der Waals surface area contributed by atoms with Crippen molar-refractivity contribution >= 4 is 11.9 Å². The van der Waals surface area contributed by atoms with Gasteiger partial charge in [-0.25, -0.2) is 9.48 Å². The Morgan fingerprint density at radius 1 is 1.27 bits per heavy atom. The zero-order valence-corrected chi connectivity index (χ0v) is 14.5. The molecule has 9 heteroatoms. The van der Waals surface area contributed by atoms with Crippen LogP contribution in [0.15, 0.2) is 41.1 Å². The molecular weight excluding hydrogens is 338 g/mol. The number of tetrazole rings is 1. The van der Waals surface area contributed by atoms with Crippen molar-refractivity contribution in [1.29, 1.82) is 0 Å². The molecule has 1 amide bonds. The number of benzene rings is 1. The Balaban J connectivity index is 1.71. The molecule has 0 atom stereocenters. The Labute approximate surface area is 149 Å². The predicted octanol–water partition coefficient (Wildman–Crippen LogP) is 1.62. The highest BCUT2D eigenvalue weighted by Gasteiger charge is 2.18. The van der Waals surface area contributed by atoms with Gasteiger partial charge in [-0.1, -0.05) is 0 Å². The molecule has 0 saturated carbocycles. The van der Waals surface area contributed by atoms with Gasteiger partial charge in [-0.2, -0.15) is 0 Å². The van der Waals surface area contributed by atoms with Crippen LogP contribution in [0.5, 0.6) is 0 Å². The fourth-order valence-corrected chi connectivity index (χ4v) is 2.50. The Hall–Kier alpha value is -3.49. The summed E-state index contributed by atoms with van der Waals surface area (Å²) in [7, 11) is 2.97. The van der Waals surface area contributed by atoms with Crippen LogP contribution in [0.2, 0.25) is 0 Å². The third-order valence-electron chi connectivity index (χ3n) is 3.84. The number of esters is 1. The lowest BCUT2D eigenvalue weighted by molar-refractivity contribution is 0.0598. The van der Waals surface area contributed by atoms with Crippen molar-refractivity contribution in [1.82, 2.24) is 25.1 Å². The molecule has 0 aliphatic heterocycles. The summed E-state index contributed by atoms with van der Waals surface area (Å²) in [4.78, 5) is 25.7. The van der Waals surface area contributed by atoms with E-state index in [0.29, 0.717) is 22.6 Å². The van der Waals surface area contributed by atoms with Crippen LogP contribution in [-0.2, 0) is 11.3 Å². The minimum absolute atomic E-state index is 0.179. The lowest BCUT2D eigenvalue weighted by atomic mass is 10.2. The van der Waals surface area contributed by atoms with Gasteiger partial charge < -0.3 is 14.1 Å². The summed E-state index contributed by atoms with van der Waals surface area (Å²) in [6.45, 7) is 1.90. The molecule has 0 N–H and O–H groups in total. The van der Waals surface area contributed by atoms with Crippen molar-refractivity contribution in [2.24, 2.45) is 0 Å². The average molecular weight is 355 g/mol. The maximum absolute atomic E-state index is 12.6. The second-order valence-corrected chi connectivity index (χ2v) is 5.64. The number of carbonyl (C=O) groups excluding carboxylic acids is 2. The van der Waals surface area contributed by atoms with Crippen LogP contribution in [0.4, 0.5) is 0 Å². The molecule has 0 radical (unpaired) electrons. The lowest BCUT2D eigenvalue weighted by Gasteiger charge is -2.16. The van der Waals surface area contributed by atoms with E-state index < -0.39 is 5.97 Å². The molecule has 3 rings (SSSR count). The first-order chi connectivity index (χ1) is 12.5. The molecule has 0 spiro atoms. The number of aryl methyl sites for hydroxylation is 1. The van der Waals surface area contributed by atoms with Gasteiger partial charge in [0.2, 0.25) is 0 Å². The van der Waals surface area contributed by atoms with E-state index in [1.54, 1.807) is 44.3 Å². The first-order valence-corrected chi connectivity index (χ1v) is 7.76. The molecule has 1 aromatic carbocycles. The largest absolute Gasteiger partial charge is 0.465 e. The van der Waals surface area contributed by atoms with Crippen LogP contribution in [-0.4, -0.2) is 51.1 Å². The quantitative estimate of drug-likeness (QED) is 0.641. The summed E-state index contributed by atoms with van der Waals surface area (Å²) in [6, 6.07) is 8.49. The van der Waals surface area contributed by atoms with Crippen LogP contribution < -0.4 is 0 Å². The molecular formula is C17H17N5O4. The Kier molecular flexibility index (Phi) is 4.78. The Morgan fingerprint density at radius 2 is 2.00 bits per heavy atom. The highest BCUT2D eigenvalue weighted by atomic mass is 16.5. The van der Waals surface area contributed by atoms with E-state index in [9.17, 15) is 9.59 Å². The number of amides is 1. The summed E-state index contributed by atoms with van der Waals surface area (Å²) in [5.74, 6) is 0.314. The molecule has 0 aliphatic carbocycles. The van der Waals surface area contributed by atoms with Crippen molar-refractivity contribution in [2.45, 2.75) is 13.5 Å². The van der Waals surface area contributed by atoms with Gasteiger partial charge in [0, 0.05) is 12.6 Å². The van der Waals surface area contributed by atoms with E-state index in [0.717, 1.165) is 5.69 Å². The molecule has 26 heavy (non-hydrogen) atoms. The molecule has 0 saturated heterocycles. The van der Waals surface area contributed by atoms with Crippen LogP contribution >= 0.6 is 0 Å². The van der Waals surface area contributed by atoms with Crippen LogP contribution in [0.25, 0.3) is 5.69 Å². The van der Waals surface area contributed by atoms with Crippen LogP contribution in [0.1, 0.15) is 32.2 Å². The minimum atomic E-state index is -0.468. The third kappa shape index (κ3) is 3.46. The zero-order chi connectivity index (χ0) is 18.7. The van der Waals surface area contributed by atoms with E-state index in [4.69, 9.17) is 9.15 Å². The maximum atomic E-state index is 12.6. The van der Waals surface area contributed by atoms with Crippen molar-refractivity contribution in [3.05, 3.63) is 59.3 Å². The number of rotatable bonds is 5. The van der Waals surface area contributed by atoms with Gasteiger partial charge in [-0.3, -0.25) is 4.79 Å². The van der Waals surface area contributed by atoms with Gasteiger partial charge in [0.15, 0.2) is 0 Å². The van der Waals surface area contributed by atoms with Crippen molar-refractivity contribution < 1.29 is 18.7 Å². The maximum Gasteiger partial charge on any atom is 0.341 e. The summed E-state index contributed by atoms with van der Waals surface area (Å²) in [5.41, 5.74) is 1.62. The molecule has 9 nitrogen and oxygen atoms in total. The van der Waals surface area contributed by atoms with Gasteiger partial charge >= 0.3 is 5.97 Å². The minimum Gasteiger partial charge on any atom is -0.465 e. The average Bonchev–Trinajstić information content (AvgIpc) is 3.30. The number of hydrogen-bond acceptors (Lipinski definition) is 7. The van der Waals surface area contributed by atoms with Gasteiger partial charge in [0.25, 0.3) is 5.91 Å². The first-order valence-electron chi connectivity index (χ1n) is 7.76. The topological polar surface area (TPSA) is 103 Å². The standard InChI is InChI=1S/C17H17N5O4/c1-11-15(17(24)25-3)8-14(26-11)9-21(2)16(23)12-4-6-13(7-5-12)22-10-18-19-20-22/h4-8,10H,9H2,1-3H3. The van der Waals surface area contributed by atoms with E-state index in [1.165, 1.54) is 23.0 Å². The number of nitrogens with zero attached hydrogens (tertiary/aromatic N) is 5. The molecule has 0 fully saturated rings. The van der Waals surface area contributed by atoms with Crippen LogP contribution in [0.3, 0.4) is 0 Å². The first kappa shape index (κ1) is 17.3. The van der Waals surface area contributed by atoms with Crippen molar-refractivity contribution in [3.8, 4) is 5.69 Å². The number of ether oxygens (including phenoxy) is 1. The fraction of sp³-hybridized carbons (Fsp3) is 0.235. The van der Waals surface area contributed by atoms with Gasteiger partial charge in [-0.05, 0) is 47.7 Å². The zero-order valence-electron chi connectivity index (χ0n) is 14.5. The predicted molar refractivity (Wildman–Crippen MR) is 89.7 cm³/mol. The number of hydrogen-bond donors (Lipinski definition) is 0. The van der Waals surface area contributed by atoms with E-state index in [1.807, 2.05) is 0 Å². The van der Waals surface area contributed by atoms with E-state index in [2.05, 4.69) is 15.5 Å². The summed E-state index contributed by atoms with van der Waals surface area (Å²) in [5, 5.41) is 10.9. The summed E-state index contributed by atoms with van der Waals surface area (Å²) >= 11 is 0. The highest BCUT2D eigenvalue weighted by molar-refractivity contribution is 5.94. The lowest BCUT2D eigenvalue weighted by Crippen LogP contribution is -2.26. The van der Waals surface area contributed by atoms with Gasteiger partial charge in [-0.15, -0.1) is 5.10 Å². The second-order valence-electron chi connectivity index (χ2n) is 5.64. The molecule has 0 unspecified atom stereocenters. The smallest absolute Gasteiger partial charge is 0.341 e. The van der Waals surface area contributed by atoms with E-state index >= 15 is 0 Å². The number of furan rings is 1. The van der Waals surface area contributed by atoms with E-state index in [-0.39, 0.29) is 12.5 Å². The molecule has 134 valence electrons. The second kappa shape index (κ2) is 7.18. The number of carbonyl (C=O) groups is 2. The van der Waals surface area contributed by atoms with Crippen LogP contribution in [0, 0.1) is 6.92 Å².